The highest BCUT2D eigenvalue weighted by Gasteiger charge is 2.31. The van der Waals surface area contributed by atoms with Crippen molar-refractivity contribution in [3.63, 3.8) is 0 Å². The van der Waals surface area contributed by atoms with E-state index in [0.29, 0.717) is 0 Å². The molecule has 0 aromatic heterocycles. The zero-order valence-corrected chi connectivity index (χ0v) is 10.5. The summed E-state index contributed by atoms with van der Waals surface area (Å²) in [6, 6.07) is 12.5. The van der Waals surface area contributed by atoms with Gasteiger partial charge < -0.3 is 5.73 Å². The molecule has 88 valence electrons. The molecule has 2 N–H and O–H groups in total. The van der Waals surface area contributed by atoms with Crippen LogP contribution in [0.3, 0.4) is 0 Å². The Hall–Kier alpha value is -1.05. The Morgan fingerprint density at radius 3 is 2.35 bits per heavy atom. The summed E-state index contributed by atoms with van der Waals surface area (Å²) in [6.45, 7) is 0. The van der Waals surface area contributed by atoms with Crippen molar-refractivity contribution < 1.29 is 0 Å². The van der Waals surface area contributed by atoms with Crippen LogP contribution in [0.5, 0.6) is 0 Å². The Kier molecular flexibility index (Phi) is 2.61. The van der Waals surface area contributed by atoms with E-state index >= 15 is 0 Å². The molecule has 1 aliphatic rings. The third-order valence-electron chi connectivity index (χ3n) is 3.87. The maximum Gasteiger partial charge on any atom is 0.0412 e. The summed E-state index contributed by atoms with van der Waals surface area (Å²) in [5.41, 5.74) is 7.64. The van der Waals surface area contributed by atoms with Crippen molar-refractivity contribution in [2.45, 2.75) is 31.2 Å². The molecule has 0 spiro atoms. The molecule has 17 heavy (non-hydrogen) atoms. The molecular formula is C15H16ClN. The molecule has 0 amide bonds. The predicted molar refractivity (Wildman–Crippen MR) is 73.3 cm³/mol. The van der Waals surface area contributed by atoms with Gasteiger partial charge in [0.05, 0.1) is 0 Å². The largest absolute Gasteiger partial charge is 0.321 e. The van der Waals surface area contributed by atoms with Crippen LogP contribution >= 0.6 is 11.6 Å². The molecule has 1 aliphatic carbocycles. The highest BCUT2D eigenvalue weighted by molar-refractivity contribution is 6.31. The maximum absolute atomic E-state index is 6.48. The highest BCUT2D eigenvalue weighted by Crippen LogP contribution is 2.37. The molecule has 2 aromatic carbocycles. The molecule has 2 aromatic rings. The number of halogens is 1. The van der Waals surface area contributed by atoms with Crippen LogP contribution in [-0.2, 0) is 5.54 Å². The minimum atomic E-state index is -0.103. The second kappa shape index (κ2) is 4.01. The van der Waals surface area contributed by atoms with Crippen LogP contribution in [0, 0.1) is 0 Å². The monoisotopic (exact) mass is 245 g/mol. The van der Waals surface area contributed by atoms with Gasteiger partial charge in [-0.2, -0.15) is 0 Å². The van der Waals surface area contributed by atoms with Crippen LogP contribution in [0.15, 0.2) is 36.4 Å². The first-order valence-corrected chi connectivity index (χ1v) is 6.54. The van der Waals surface area contributed by atoms with Crippen molar-refractivity contribution in [3.8, 4) is 0 Å². The van der Waals surface area contributed by atoms with E-state index in [2.05, 4.69) is 24.3 Å². The number of rotatable bonds is 1. The summed E-state index contributed by atoms with van der Waals surface area (Å²) in [7, 11) is 0. The molecule has 0 bridgehead atoms. The van der Waals surface area contributed by atoms with Crippen LogP contribution in [0.2, 0.25) is 5.02 Å². The van der Waals surface area contributed by atoms with Crippen LogP contribution in [0.25, 0.3) is 10.8 Å². The highest BCUT2D eigenvalue weighted by atomic mass is 35.5. The normalized spacial score (nSPS) is 18.7. The number of benzene rings is 2. The van der Waals surface area contributed by atoms with Crippen molar-refractivity contribution in [3.05, 3.63) is 47.0 Å². The summed E-state index contributed by atoms with van der Waals surface area (Å²) < 4.78 is 0. The second-order valence-electron chi connectivity index (χ2n) is 5.07. The molecule has 0 radical (unpaired) electrons. The van der Waals surface area contributed by atoms with Gasteiger partial charge in [-0.3, -0.25) is 0 Å². The average Bonchev–Trinajstić information content (AvgIpc) is 2.77. The molecule has 0 heterocycles. The summed E-state index contributed by atoms with van der Waals surface area (Å²) >= 11 is 5.99. The Bertz CT molecular complexity index is 556. The summed E-state index contributed by atoms with van der Waals surface area (Å²) in [4.78, 5) is 0. The smallest absolute Gasteiger partial charge is 0.0412 e. The third kappa shape index (κ3) is 1.94. The molecular weight excluding hydrogens is 230 g/mol. The average molecular weight is 246 g/mol. The first-order valence-electron chi connectivity index (χ1n) is 6.16. The van der Waals surface area contributed by atoms with Gasteiger partial charge in [0, 0.05) is 10.6 Å². The number of fused-ring (bicyclic) bond motifs is 1. The van der Waals surface area contributed by atoms with Gasteiger partial charge >= 0.3 is 0 Å². The van der Waals surface area contributed by atoms with Gasteiger partial charge in [0.15, 0.2) is 0 Å². The lowest BCUT2D eigenvalue weighted by Gasteiger charge is -2.24. The lowest BCUT2D eigenvalue weighted by molar-refractivity contribution is 0.462. The van der Waals surface area contributed by atoms with Gasteiger partial charge in [-0.15, -0.1) is 0 Å². The van der Waals surface area contributed by atoms with E-state index in [1.807, 2.05) is 12.1 Å². The SMILES string of the molecule is NC1(c2ccc3cc(Cl)ccc3c2)CCCC1. The number of hydrogen-bond acceptors (Lipinski definition) is 1. The fourth-order valence-electron chi connectivity index (χ4n) is 2.82. The lowest BCUT2D eigenvalue weighted by Crippen LogP contribution is -2.32. The van der Waals surface area contributed by atoms with Crippen molar-refractivity contribution >= 4 is 22.4 Å². The topological polar surface area (TPSA) is 26.0 Å². The Balaban J connectivity index is 2.10. The Morgan fingerprint density at radius 2 is 1.59 bits per heavy atom. The molecule has 1 fully saturated rings. The van der Waals surface area contributed by atoms with Gasteiger partial charge in [-0.05, 0) is 47.4 Å². The standard InChI is InChI=1S/C15H16ClN/c16-14-6-4-11-9-13(5-3-12(11)10-14)15(17)7-1-2-8-15/h3-6,9-10H,1-2,7-8,17H2. The first-order chi connectivity index (χ1) is 8.17. The minimum absolute atomic E-state index is 0.103. The van der Waals surface area contributed by atoms with Crippen molar-refractivity contribution in [2.24, 2.45) is 5.73 Å². The van der Waals surface area contributed by atoms with Crippen molar-refractivity contribution in [1.29, 1.82) is 0 Å². The van der Waals surface area contributed by atoms with Gasteiger partial charge in [0.25, 0.3) is 0 Å². The van der Waals surface area contributed by atoms with Gasteiger partial charge in [0.1, 0.15) is 0 Å². The molecule has 0 saturated heterocycles. The fraction of sp³-hybridized carbons (Fsp3) is 0.333. The minimum Gasteiger partial charge on any atom is -0.321 e. The number of nitrogens with two attached hydrogens (primary N) is 1. The molecule has 1 saturated carbocycles. The Labute approximate surface area is 107 Å². The van der Waals surface area contributed by atoms with Crippen LogP contribution in [0.4, 0.5) is 0 Å². The van der Waals surface area contributed by atoms with Gasteiger partial charge in [-0.25, -0.2) is 0 Å². The second-order valence-corrected chi connectivity index (χ2v) is 5.51. The van der Waals surface area contributed by atoms with E-state index in [1.54, 1.807) is 0 Å². The molecule has 0 unspecified atom stereocenters. The van der Waals surface area contributed by atoms with Gasteiger partial charge in [-0.1, -0.05) is 42.6 Å². The molecule has 3 rings (SSSR count). The lowest BCUT2D eigenvalue weighted by atomic mass is 9.88. The third-order valence-corrected chi connectivity index (χ3v) is 4.11. The van der Waals surface area contributed by atoms with Crippen LogP contribution in [-0.4, -0.2) is 0 Å². The van der Waals surface area contributed by atoms with Crippen LogP contribution in [0.1, 0.15) is 31.2 Å². The zero-order valence-electron chi connectivity index (χ0n) is 9.75. The first kappa shape index (κ1) is 11.1. The van der Waals surface area contributed by atoms with E-state index in [-0.39, 0.29) is 5.54 Å². The van der Waals surface area contributed by atoms with Crippen molar-refractivity contribution in [1.82, 2.24) is 0 Å². The molecule has 1 nitrogen and oxygen atoms in total. The van der Waals surface area contributed by atoms with E-state index in [9.17, 15) is 0 Å². The summed E-state index contributed by atoms with van der Waals surface area (Å²) in [5.74, 6) is 0. The van der Waals surface area contributed by atoms with Crippen molar-refractivity contribution in [2.75, 3.05) is 0 Å². The predicted octanol–water partition coefficient (Wildman–Crippen LogP) is 4.22. The van der Waals surface area contributed by atoms with Gasteiger partial charge in [0.2, 0.25) is 0 Å². The summed E-state index contributed by atoms with van der Waals surface area (Å²) in [5, 5.41) is 3.19. The van der Waals surface area contributed by atoms with E-state index in [4.69, 9.17) is 17.3 Å². The summed E-state index contributed by atoms with van der Waals surface area (Å²) in [6.07, 6.45) is 4.70. The maximum atomic E-state index is 6.48. The quantitative estimate of drug-likeness (QED) is 0.800. The van der Waals surface area contributed by atoms with E-state index in [0.717, 1.165) is 17.9 Å². The zero-order chi connectivity index (χ0) is 11.9. The molecule has 0 aliphatic heterocycles. The van der Waals surface area contributed by atoms with E-state index < -0.39 is 0 Å². The molecule has 2 heteroatoms. The molecule has 0 atom stereocenters. The number of hydrogen-bond donors (Lipinski definition) is 1. The Morgan fingerprint density at radius 1 is 0.941 bits per heavy atom. The fourth-order valence-corrected chi connectivity index (χ4v) is 3.00. The van der Waals surface area contributed by atoms with Crippen LogP contribution < -0.4 is 5.73 Å². The van der Waals surface area contributed by atoms with E-state index in [1.165, 1.54) is 29.2 Å².